The van der Waals surface area contributed by atoms with Crippen LogP contribution in [0.1, 0.15) is 66.3 Å². The normalized spacial score (nSPS) is 13.4. The SMILES string of the molecule is CCN(CC)CCCC(C)n1cnc2c(NCCCC(C)(C)CO)ncnc21. The minimum atomic E-state index is -0.0369. The molecule has 0 saturated carbocycles. The minimum Gasteiger partial charge on any atom is -0.396 e. The zero-order valence-electron chi connectivity index (χ0n) is 18.3. The molecular formula is C21H38N6O. The Morgan fingerprint density at radius 1 is 1.18 bits per heavy atom. The van der Waals surface area contributed by atoms with Crippen molar-refractivity contribution in [1.82, 2.24) is 24.4 Å². The Morgan fingerprint density at radius 2 is 1.93 bits per heavy atom. The summed E-state index contributed by atoms with van der Waals surface area (Å²) in [6.45, 7) is 15.2. The van der Waals surface area contributed by atoms with E-state index in [2.05, 4.69) is 64.4 Å². The highest BCUT2D eigenvalue weighted by Crippen LogP contribution is 2.24. The summed E-state index contributed by atoms with van der Waals surface area (Å²) < 4.78 is 2.17. The van der Waals surface area contributed by atoms with Crippen molar-refractivity contribution < 1.29 is 5.11 Å². The zero-order valence-corrected chi connectivity index (χ0v) is 18.3. The monoisotopic (exact) mass is 390 g/mol. The summed E-state index contributed by atoms with van der Waals surface area (Å²) in [5, 5.41) is 12.8. The Morgan fingerprint density at radius 3 is 2.61 bits per heavy atom. The van der Waals surface area contributed by atoms with Crippen molar-refractivity contribution in [1.29, 1.82) is 0 Å². The van der Waals surface area contributed by atoms with Gasteiger partial charge in [0.2, 0.25) is 0 Å². The third kappa shape index (κ3) is 6.14. The maximum absolute atomic E-state index is 9.37. The van der Waals surface area contributed by atoms with E-state index < -0.39 is 0 Å². The lowest BCUT2D eigenvalue weighted by Gasteiger charge is -2.21. The van der Waals surface area contributed by atoms with Crippen molar-refractivity contribution in [2.24, 2.45) is 5.41 Å². The van der Waals surface area contributed by atoms with Gasteiger partial charge in [0, 0.05) is 19.2 Å². The largest absolute Gasteiger partial charge is 0.396 e. The molecule has 0 saturated heterocycles. The molecule has 28 heavy (non-hydrogen) atoms. The van der Waals surface area contributed by atoms with Crippen molar-refractivity contribution >= 4 is 17.0 Å². The predicted molar refractivity (Wildman–Crippen MR) is 116 cm³/mol. The summed E-state index contributed by atoms with van der Waals surface area (Å²) in [5.41, 5.74) is 1.69. The molecule has 0 aliphatic rings. The summed E-state index contributed by atoms with van der Waals surface area (Å²) in [6, 6.07) is 0.355. The number of aromatic nitrogens is 4. The molecule has 1 atom stereocenters. The number of nitrogens with one attached hydrogen (secondary N) is 1. The molecular weight excluding hydrogens is 352 g/mol. The second-order valence-electron chi connectivity index (χ2n) is 8.42. The van der Waals surface area contributed by atoms with Gasteiger partial charge in [-0.3, -0.25) is 0 Å². The number of aliphatic hydroxyl groups is 1. The fourth-order valence-corrected chi connectivity index (χ4v) is 3.45. The van der Waals surface area contributed by atoms with E-state index in [-0.39, 0.29) is 12.0 Å². The van der Waals surface area contributed by atoms with Gasteiger partial charge in [-0.25, -0.2) is 15.0 Å². The topological polar surface area (TPSA) is 79.1 Å². The van der Waals surface area contributed by atoms with Gasteiger partial charge in [0.1, 0.15) is 11.8 Å². The van der Waals surface area contributed by atoms with E-state index in [9.17, 15) is 5.11 Å². The molecule has 158 valence electrons. The molecule has 7 nitrogen and oxygen atoms in total. The van der Waals surface area contributed by atoms with E-state index in [0.717, 1.165) is 62.4 Å². The van der Waals surface area contributed by atoms with E-state index in [1.54, 1.807) is 6.33 Å². The van der Waals surface area contributed by atoms with E-state index in [1.807, 2.05) is 6.33 Å². The van der Waals surface area contributed by atoms with Crippen molar-refractivity contribution in [3.8, 4) is 0 Å². The van der Waals surface area contributed by atoms with Crippen LogP contribution < -0.4 is 5.32 Å². The molecule has 2 heterocycles. The average Bonchev–Trinajstić information content (AvgIpc) is 3.13. The number of fused-ring (bicyclic) bond motifs is 1. The van der Waals surface area contributed by atoms with Gasteiger partial charge in [0.05, 0.1) is 6.33 Å². The lowest BCUT2D eigenvalue weighted by Crippen LogP contribution is -2.24. The molecule has 1 unspecified atom stereocenters. The zero-order chi connectivity index (χ0) is 20.6. The highest BCUT2D eigenvalue weighted by molar-refractivity contribution is 5.82. The predicted octanol–water partition coefficient (Wildman–Crippen LogP) is 3.72. The molecule has 7 heteroatoms. The maximum atomic E-state index is 9.37. The molecule has 0 spiro atoms. The van der Waals surface area contributed by atoms with Gasteiger partial charge < -0.3 is 19.9 Å². The van der Waals surface area contributed by atoms with Crippen LogP contribution >= 0.6 is 0 Å². The summed E-state index contributed by atoms with van der Waals surface area (Å²) in [7, 11) is 0. The molecule has 2 rings (SSSR count). The summed E-state index contributed by atoms with van der Waals surface area (Å²) in [4.78, 5) is 15.9. The van der Waals surface area contributed by atoms with Gasteiger partial charge in [-0.1, -0.05) is 27.7 Å². The van der Waals surface area contributed by atoms with E-state index in [0.29, 0.717) is 6.04 Å². The molecule has 2 N–H and O–H groups in total. The van der Waals surface area contributed by atoms with Crippen LogP contribution in [0.4, 0.5) is 5.82 Å². The fraction of sp³-hybridized carbons (Fsp3) is 0.762. The maximum Gasteiger partial charge on any atom is 0.165 e. The number of aliphatic hydroxyl groups excluding tert-OH is 1. The van der Waals surface area contributed by atoms with Gasteiger partial charge in [0.25, 0.3) is 0 Å². The van der Waals surface area contributed by atoms with Gasteiger partial charge in [0.15, 0.2) is 11.5 Å². The van der Waals surface area contributed by atoms with Crippen LogP contribution in [-0.4, -0.2) is 62.3 Å². The fourth-order valence-electron chi connectivity index (χ4n) is 3.45. The highest BCUT2D eigenvalue weighted by Gasteiger charge is 2.17. The van der Waals surface area contributed by atoms with Gasteiger partial charge in [-0.2, -0.15) is 0 Å². The average molecular weight is 391 g/mol. The van der Waals surface area contributed by atoms with Crippen molar-refractivity contribution in [3.63, 3.8) is 0 Å². The Hall–Kier alpha value is -1.73. The highest BCUT2D eigenvalue weighted by atomic mass is 16.3. The first-order chi connectivity index (χ1) is 13.4. The van der Waals surface area contributed by atoms with E-state index >= 15 is 0 Å². The first-order valence-electron chi connectivity index (χ1n) is 10.7. The van der Waals surface area contributed by atoms with Crippen LogP contribution in [0.3, 0.4) is 0 Å². The minimum absolute atomic E-state index is 0.0369. The Balaban J connectivity index is 1.96. The molecule has 2 aromatic rings. The van der Waals surface area contributed by atoms with Crippen LogP contribution in [0.15, 0.2) is 12.7 Å². The number of hydrogen-bond acceptors (Lipinski definition) is 6. The Labute approximate surface area is 169 Å². The summed E-state index contributed by atoms with van der Waals surface area (Å²) in [5.74, 6) is 0.792. The molecule has 0 aliphatic carbocycles. The number of rotatable bonds is 13. The van der Waals surface area contributed by atoms with Crippen LogP contribution in [0, 0.1) is 5.41 Å². The number of anilines is 1. The quantitative estimate of drug-likeness (QED) is 0.508. The second-order valence-corrected chi connectivity index (χ2v) is 8.42. The molecule has 0 amide bonds. The van der Waals surface area contributed by atoms with Crippen LogP contribution in [-0.2, 0) is 0 Å². The van der Waals surface area contributed by atoms with Gasteiger partial charge in [-0.15, -0.1) is 0 Å². The summed E-state index contributed by atoms with van der Waals surface area (Å²) in [6.07, 6.45) is 7.71. The van der Waals surface area contributed by atoms with E-state index in [4.69, 9.17) is 0 Å². The van der Waals surface area contributed by atoms with Gasteiger partial charge in [-0.05, 0) is 57.7 Å². The standard InChI is InChI=1S/C21H38N6O/c1-6-26(7-2)13-8-10-17(3)27-16-25-18-19(23-15-24-20(18)27)22-12-9-11-21(4,5)14-28/h15-17,28H,6-14H2,1-5H3,(H,22,23,24). The lowest BCUT2D eigenvalue weighted by molar-refractivity contribution is 0.149. The smallest absolute Gasteiger partial charge is 0.165 e. The van der Waals surface area contributed by atoms with Crippen LogP contribution in [0.25, 0.3) is 11.2 Å². The molecule has 0 radical (unpaired) electrons. The van der Waals surface area contributed by atoms with Crippen LogP contribution in [0.5, 0.6) is 0 Å². The number of nitrogens with zero attached hydrogens (tertiary/aromatic N) is 5. The molecule has 0 fully saturated rings. The van der Waals surface area contributed by atoms with E-state index in [1.165, 1.54) is 6.42 Å². The van der Waals surface area contributed by atoms with Crippen molar-refractivity contribution in [2.75, 3.05) is 38.1 Å². The first kappa shape index (κ1) is 22.6. The van der Waals surface area contributed by atoms with Gasteiger partial charge >= 0.3 is 0 Å². The van der Waals surface area contributed by atoms with Crippen molar-refractivity contribution in [3.05, 3.63) is 12.7 Å². The molecule has 2 aromatic heterocycles. The summed E-state index contributed by atoms with van der Waals surface area (Å²) >= 11 is 0. The Bertz CT molecular complexity index is 710. The third-order valence-electron chi connectivity index (χ3n) is 5.58. The van der Waals surface area contributed by atoms with Crippen LogP contribution in [0.2, 0.25) is 0 Å². The molecule has 0 aromatic carbocycles. The number of hydrogen-bond donors (Lipinski definition) is 2. The second kappa shape index (κ2) is 10.7. The lowest BCUT2D eigenvalue weighted by atomic mass is 9.89. The molecule has 0 aliphatic heterocycles. The number of imidazole rings is 1. The molecule has 0 bridgehead atoms. The Kier molecular flexibility index (Phi) is 8.63. The third-order valence-corrected chi connectivity index (χ3v) is 5.58. The van der Waals surface area contributed by atoms with Crippen molar-refractivity contribution in [2.45, 2.75) is 66.3 Å². The first-order valence-corrected chi connectivity index (χ1v) is 10.7.